The van der Waals surface area contributed by atoms with Crippen LogP contribution in [-0.4, -0.2) is 32.2 Å². The molecule has 0 saturated heterocycles. The number of nitrogens with zero attached hydrogens (tertiary/aromatic N) is 2. The Hall–Kier alpha value is -2.99. The molecule has 2 aromatic carbocycles. The second kappa shape index (κ2) is 7.79. The summed E-state index contributed by atoms with van der Waals surface area (Å²) >= 11 is 1.66. The van der Waals surface area contributed by atoms with Crippen LogP contribution in [0.15, 0.2) is 60.0 Å². The van der Waals surface area contributed by atoms with E-state index in [4.69, 9.17) is 9.47 Å². The highest BCUT2D eigenvalue weighted by molar-refractivity contribution is 7.09. The fourth-order valence-electron chi connectivity index (χ4n) is 3.90. The average Bonchev–Trinajstić information content (AvgIpc) is 3.42. The lowest BCUT2D eigenvalue weighted by Crippen LogP contribution is -2.39. The van der Waals surface area contributed by atoms with Crippen LogP contribution in [0.1, 0.15) is 10.4 Å². The van der Waals surface area contributed by atoms with Gasteiger partial charge in [0.25, 0.3) is 0 Å². The third-order valence-corrected chi connectivity index (χ3v) is 6.20. The van der Waals surface area contributed by atoms with Gasteiger partial charge in [0.2, 0.25) is 5.91 Å². The van der Waals surface area contributed by atoms with E-state index in [2.05, 4.69) is 29.2 Å². The molecular formula is C23H22N2O3S. The van der Waals surface area contributed by atoms with E-state index in [1.807, 2.05) is 40.6 Å². The predicted octanol–water partition coefficient (Wildman–Crippen LogP) is 4.12. The zero-order valence-electron chi connectivity index (χ0n) is 16.0. The number of fused-ring (bicyclic) bond motifs is 2. The molecule has 2 aliphatic rings. The summed E-state index contributed by atoms with van der Waals surface area (Å²) in [6.07, 6.45) is 0.985. The minimum Gasteiger partial charge on any atom is -0.486 e. The molecule has 0 atom stereocenters. The van der Waals surface area contributed by atoms with Crippen LogP contribution in [0.3, 0.4) is 0 Å². The number of rotatable bonds is 5. The molecule has 29 heavy (non-hydrogen) atoms. The Balaban J connectivity index is 1.42. The van der Waals surface area contributed by atoms with Crippen LogP contribution in [0.25, 0.3) is 0 Å². The number of para-hydroxylation sites is 1. The lowest BCUT2D eigenvalue weighted by molar-refractivity contribution is -0.117. The molecule has 0 radical (unpaired) electrons. The quantitative estimate of drug-likeness (QED) is 0.639. The van der Waals surface area contributed by atoms with Gasteiger partial charge in [0.1, 0.15) is 13.2 Å². The van der Waals surface area contributed by atoms with Crippen molar-refractivity contribution in [3.8, 4) is 11.5 Å². The second-order valence-electron chi connectivity index (χ2n) is 7.19. The van der Waals surface area contributed by atoms with Crippen molar-refractivity contribution < 1.29 is 14.3 Å². The summed E-state index contributed by atoms with van der Waals surface area (Å²) in [7, 11) is 0. The van der Waals surface area contributed by atoms with E-state index in [1.54, 1.807) is 11.3 Å². The Bertz CT molecular complexity index is 1020. The molecule has 3 heterocycles. The predicted molar refractivity (Wildman–Crippen MR) is 115 cm³/mol. The number of amides is 1. The van der Waals surface area contributed by atoms with Crippen molar-refractivity contribution in [2.45, 2.75) is 13.0 Å². The van der Waals surface area contributed by atoms with Crippen molar-refractivity contribution in [1.82, 2.24) is 0 Å². The monoisotopic (exact) mass is 406 g/mol. The zero-order chi connectivity index (χ0) is 19.6. The van der Waals surface area contributed by atoms with Crippen molar-refractivity contribution in [1.29, 1.82) is 0 Å². The molecule has 5 rings (SSSR count). The fraction of sp³-hybridized carbons (Fsp3) is 0.261. The Kier molecular flexibility index (Phi) is 4.86. The summed E-state index contributed by atoms with van der Waals surface area (Å²) in [6, 6.07) is 18.2. The third kappa shape index (κ3) is 3.68. The summed E-state index contributed by atoms with van der Waals surface area (Å²) in [4.78, 5) is 18.6. The molecule has 1 amide bonds. The molecule has 2 aliphatic heterocycles. The maximum atomic E-state index is 13.4. The molecule has 5 nitrogen and oxygen atoms in total. The number of anilines is 2. The maximum absolute atomic E-state index is 13.4. The van der Waals surface area contributed by atoms with Crippen molar-refractivity contribution in [3.63, 3.8) is 0 Å². The number of carbonyl (C=O) groups is 1. The highest BCUT2D eigenvalue weighted by Gasteiger charge is 2.25. The second-order valence-corrected chi connectivity index (χ2v) is 8.22. The largest absolute Gasteiger partial charge is 0.486 e. The first-order valence-electron chi connectivity index (χ1n) is 9.83. The van der Waals surface area contributed by atoms with Crippen molar-refractivity contribution in [2.75, 3.05) is 36.1 Å². The summed E-state index contributed by atoms with van der Waals surface area (Å²) in [5.41, 5.74) is 3.31. The van der Waals surface area contributed by atoms with Gasteiger partial charge in [-0.15, -0.1) is 11.3 Å². The molecule has 0 N–H and O–H groups in total. The Morgan fingerprint density at radius 1 is 1.03 bits per heavy atom. The first-order valence-corrected chi connectivity index (χ1v) is 10.7. The topological polar surface area (TPSA) is 42.0 Å². The van der Waals surface area contributed by atoms with E-state index in [1.165, 1.54) is 11.3 Å². The Labute approximate surface area is 174 Å². The minimum atomic E-state index is 0.0757. The molecule has 0 aliphatic carbocycles. The molecule has 0 saturated carbocycles. The van der Waals surface area contributed by atoms with Gasteiger partial charge in [-0.05, 0) is 41.6 Å². The molecule has 148 valence electrons. The van der Waals surface area contributed by atoms with E-state index in [0.29, 0.717) is 32.1 Å². The molecule has 6 heteroatoms. The minimum absolute atomic E-state index is 0.0757. The van der Waals surface area contributed by atoms with Gasteiger partial charge < -0.3 is 19.3 Å². The van der Waals surface area contributed by atoms with E-state index < -0.39 is 0 Å². The number of carbonyl (C=O) groups excluding carboxylic acids is 1. The molecule has 0 bridgehead atoms. The highest BCUT2D eigenvalue weighted by atomic mass is 32.1. The lowest BCUT2D eigenvalue weighted by atomic mass is 10.2. The molecule has 0 fully saturated rings. The molecule has 0 unspecified atom stereocenters. The van der Waals surface area contributed by atoms with Crippen molar-refractivity contribution in [2.24, 2.45) is 0 Å². The van der Waals surface area contributed by atoms with E-state index in [0.717, 1.165) is 29.3 Å². The lowest BCUT2D eigenvalue weighted by Gasteiger charge is -2.28. The molecule has 3 aromatic rings. The summed E-state index contributed by atoms with van der Waals surface area (Å²) < 4.78 is 11.4. The Morgan fingerprint density at radius 2 is 1.90 bits per heavy atom. The van der Waals surface area contributed by atoms with Crippen LogP contribution in [0.5, 0.6) is 11.5 Å². The van der Waals surface area contributed by atoms with Crippen molar-refractivity contribution in [3.05, 3.63) is 70.4 Å². The van der Waals surface area contributed by atoms with E-state index >= 15 is 0 Å². The average molecular weight is 407 g/mol. The third-order valence-electron chi connectivity index (χ3n) is 5.34. The van der Waals surface area contributed by atoms with Crippen LogP contribution in [0.2, 0.25) is 0 Å². The SMILES string of the molecule is O=C(CN1CCc2ccccc21)N(Cc1cccs1)c1ccc2c(c1)OCCO2. The fourth-order valence-corrected chi connectivity index (χ4v) is 4.59. The van der Waals surface area contributed by atoms with Gasteiger partial charge in [-0.25, -0.2) is 0 Å². The number of ether oxygens (including phenoxy) is 2. The maximum Gasteiger partial charge on any atom is 0.246 e. The van der Waals surface area contributed by atoms with Gasteiger partial charge in [0, 0.05) is 28.9 Å². The van der Waals surface area contributed by atoms with Gasteiger partial charge in [-0.3, -0.25) is 4.79 Å². The summed E-state index contributed by atoms with van der Waals surface area (Å²) in [5, 5.41) is 2.04. The van der Waals surface area contributed by atoms with E-state index in [9.17, 15) is 4.79 Å². The van der Waals surface area contributed by atoms with Crippen LogP contribution in [-0.2, 0) is 17.8 Å². The first-order chi connectivity index (χ1) is 14.3. The summed E-state index contributed by atoms with van der Waals surface area (Å²) in [6.45, 7) is 2.86. The molecular weight excluding hydrogens is 384 g/mol. The van der Waals surface area contributed by atoms with Gasteiger partial charge in [0.15, 0.2) is 11.5 Å². The number of hydrogen-bond acceptors (Lipinski definition) is 5. The number of thiophene rings is 1. The number of benzene rings is 2. The van der Waals surface area contributed by atoms with Crippen LogP contribution in [0.4, 0.5) is 11.4 Å². The number of hydrogen-bond donors (Lipinski definition) is 0. The van der Waals surface area contributed by atoms with Crippen molar-refractivity contribution >= 4 is 28.6 Å². The van der Waals surface area contributed by atoms with Crippen LogP contribution >= 0.6 is 11.3 Å². The zero-order valence-corrected chi connectivity index (χ0v) is 16.9. The first kappa shape index (κ1) is 18.1. The molecule has 0 spiro atoms. The Morgan fingerprint density at radius 3 is 2.76 bits per heavy atom. The van der Waals surface area contributed by atoms with Crippen LogP contribution < -0.4 is 19.3 Å². The van der Waals surface area contributed by atoms with Gasteiger partial charge >= 0.3 is 0 Å². The van der Waals surface area contributed by atoms with Crippen LogP contribution in [0, 0.1) is 0 Å². The summed E-state index contributed by atoms with van der Waals surface area (Å²) in [5.74, 6) is 1.51. The van der Waals surface area contributed by atoms with Gasteiger partial charge in [-0.1, -0.05) is 24.3 Å². The smallest absolute Gasteiger partial charge is 0.246 e. The highest BCUT2D eigenvalue weighted by Crippen LogP contribution is 2.35. The molecule has 1 aromatic heterocycles. The van der Waals surface area contributed by atoms with E-state index in [-0.39, 0.29) is 5.91 Å². The normalized spacial score (nSPS) is 14.6. The van der Waals surface area contributed by atoms with Gasteiger partial charge in [-0.2, -0.15) is 0 Å². The van der Waals surface area contributed by atoms with Gasteiger partial charge in [0.05, 0.1) is 13.1 Å². The standard InChI is InChI=1S/C23H22N2O3S/c26-23(16-24-10-9-17-4-1-2-6-20(17)24)25(15-19-5-3-13-29-19)18-7-8-21-22(14-18)28-12-11-27-21/h1-8,13-14H,9-12,15-16H2.